The highest BCUT2D eigenvalue weighted by Crippen LogP contribution is 2.29. The molecule has 1 aliphatic rings. The number of nitrogens with one attached hydrogen (secondary N) is 1. The second-order valence-corrected chi connectivity index (χ2v) is 7.89. The van der Waals surface area contributed by atoms with Gasteiger partial charge < -0.3 is 21.1 Å². The average Bonchev–Trinajstić information content (AvgIpc) is 2.79. The Kier molecular flexibility index (Phi) is 6.02. The molecule has 2 atom stereocenters. The fourth-order valence-electron chi connectivity index (χ4n) is 4.00. The summed E-state index contributed by atoms with van der Waals surface area (Å²) in [6, 6.07) is 1.26. The molecule has 1 aliphatic heterocycles. The van der Waals surface area contributed by atoms with E-state index in [1.165, 1.54) is 16.8 Å². The van der Waals surface area contributed by atoms with Gasteiger partial charge in [-0.1, -0.05) is 0 Å². The van der Waals surface area contributed by atoms with Crippen molar-refractivity contribution in [1.29, 1.82) is 0 Å². The Balaban J connectivity index is 1.76. The molecule has 0 radical (unpaired) electrons. The van der Waals surface area contributed by atoms with Gasteiger partial charge in [0.25, 0.3) is 5.56 Å². The van der Waals surface area contributed by atoms with Crippen molar-refractivity contribution in [3.63, 3.8) is 0 Å². The summed E-state index contributed by atoms with van der Waals surface area (Å²) in [7, 11) is 0. The van der Waals surface area contributed by atoms with Crippen molar-refractivity contribution >= 4 is 28.8 Å². The number of rotatable bonds is 4. The normalized spacial score (nSPS) is 18.3. The summed E-state index contributed by atoms with van der Waals surface area (Å²) in [4.78, 5) is 33.6. The van der Waals surface area contributed by atoms with E-state index < -0.39 is 52.6 Å². The van der Waals surface area contributed by atoms with Crippen LogP contribution in [-0.2, 0) is 6.54 Å². The van der Waals surface area contributed by atoms with E-state index in [0.29, 0.717) is 6.07 Å². The molecule has 2 aromatic heterocycles. The third-order valence-electron chi connectivity index (χ3n) is 5.63. The molecular formula is C21H20F4N6O3. The molecule has 0 saturated carbocycles. The van der Waals surface area contributed by atoms with Gasteiger partial charge in [-0.25, -0.2) is 27.3 Å². The first-order chi connectivity index (χ1) is 16.1. The van der Waals surface area contributed by atoms with E-state index >= 15 is 0 Å². The Bertz CT molecular complexity index is 1350. The molecule has 1 aromatic carbocycles. The Morgan fingerprint density at radius 2 is 1.97 bits per heavy atom. The molecule has 34 heavy (non-hydrogen) atoms. The summed E-state index contributed by atoms with van der Waals surface area (Å²) < 4.78 is 57.6. The van der Waals surface area contributed by atoms with Crippen LogP contribution in [0.3, 0.4) is 0 Å². The number of hydrogen-bond donors (Lipinski definition) is 3. The van der Waals surface area contributed by atoms with Gasteiger partial charge >= 0.3 is 6.09 Å². The van der Waals surface area contributed by atoms with Crippen LogP contribution >= 0.6 is 0 Å². The molecule has 3 aromatic rings. The molecular weight excluding hydrogens is 460 g/mol. The quantitative estimate of drug-likeness (QED) is 0.298. The Labute approximate surface area is 189 Å². The molecule has 180 valence electrons. The Morgan fingerprint density at radius 1 is 1.24 bits per heavy atom. The van der Waals surface area contributed by atoms with E-state index in [9.17, 15) is 27.2 Å². The number of fused-ring (bicyclic) bond motifs is 1. The third kappa shape index (κ3) is 4.08. The summed E-state index contributed by atoms with van der Waals surface area (Å²) in [5.74, 6) is -4.23. The van der Waals surface area contributed by atoms with E-state index in [-0.39, 0.29) is 48.6 Å². The molecule has 3 heterocycles. The number of aromatic nitrogens is 3. The van der Waals surface area contributed by atoms with Crippen molar-refractivity contribution in [2.24, 2.45) is 0 Å². The molecule has 0 aliphatic carbocycles. The molecule has 0 bridgehead atoms. The number of anilines is 2. The maximum absolute atomic E-state index is 14.5. The summed E-state index contributed by atoms with van der Waals surface area (Å²) >= 11 is 0. The molecule has 1 saturated heterocycles. The molecule has 13 heteroatoms. The molecule has 0 unspecified atom stereocenters. The number of likely N-dealkylation sites (tertiary alicyclic amines) is 1. The number of nitrogens with two attached hydrogens (primary N) is 1. The first-order valence-electron chi connectivity index (χ1n) is 10.3. The van der Waals surface area contributed by atoms with Gasteiger partial charge in [0, 0.05) is 42.7 Å². The van der Waals surface area contributed by atoms with Crippen molar-refractivity contribution in [3.05, 3.63) is 46.1 Å². The number of carboxylic acid groups (broad SMARTS) is 1. The first-order valence-corrected chi connectivity index (χ1v) is 10.3. The average molecular weight is 480 g/mol. The van der Waals surface area contributed by atoms with Gasteiger partial charge in [-0.15, -0.1) is 0 Å². The lowest BCUT2D eigenvalue weighted by molar-refractivity contribution is 0.102. The highest BCUT2D eigenvalue weighted by molar-refractivity contribution is 5.82. The van der Waals surface area contributed by atoms with Crippen LogP contribution < -0.4 is 16.6 Å². The summed E-state index contributed by atoms with van der Waals surface area (Å²) in [5.41, 5.74) is 2.69. The fourth-order valence-corrected chi connectivity index (χ4v) is 4.00. The molecule has 4 N–H and O–H groups in total. The van der Waals surface area contributed by atoms with Gasteiger partial charge in [0.15, 0.2) is 11.6 Å². The van der Waals surface area contributed by atoms with Crippen molar-refractivity contribution in [3.8, 4) is 11.1 Å². The van der Waals surface area contributed by atoms with Gasteiger partial charge in [-0.05, 0) is 19.1 Å². The SMILES string of the molecule is CCn1c(=O)c(-c2cc(F)c(N)c(F)c2F)cc2cnc(N[C@H]3C[C@H](F)CN(C(=O)O)C3)nc21. The number of amides is 1. The lowest BCUT2D eigenvalue weighted by Crippen LogP contribution is -2.49. The first kappa shape index (κ1) is 23.3. The maximum atomic E-state index is 14.5. The largest absolute Gasteiger partial charge is 0.465 e. The minimum atomic E-state index is -1.60. The van der Waals surface area contributed by atoms with Crippen LogP contribution in [0.4, 0.5) is 34.0 Å². The number of pyridine rings is 1. The van der Waals surface area contributed by atoms with Crippen LogP contribution in [0.25, 0.3) is 22.2 Å². The van der Waals surface area contributed by atoms with E-state index in [2.05, 4.69) is 15.3 Å². The number of aryl methyl sites for hydroxylation is 1. The predicted octanol–water partition coefficient (Wildman–Crippen LogP) is 2.98. The van der Waals surface area contributed by atoms with Crippen LogP contribution in [0.1, 0.15) is 13.3 Å². The van der Waals surface area contributed by atoms with Crippen molar-refractivity contribution < 1.29 is 27.5 Å². The minimum Gasteiger partial charge on any atom is -0.465 e. The van der Waals surface area contributed by atoms with E-state index in [0.717, 1.165) is 4.90 Å². The number of nitrogens with zero attached hydrogens (tertiary/aromatic N) is 4. The minimum absolute atomic E-state index is 0.0181. The number of piperidine rings is 1. The van der Waals surface area contributed by atoms with Gasteiger partial charge in [0.05, 0.1) is 12.1 Å². The number of nitrogen functional groups attached to an aromatic ring is 1. The molecule has 0 spiro atoms. The zero-order chi connectivity index (χ0) is 24.7. The lowest BCUT2D eigenvalue weighted by atomic mass is 10.0. The summed E-state index contributed by atoms with van der Waals surface area (Å²) in [6.07, 6.45) is -1.26. The zero-order valence-electron chi connectivity index (χ0n) is 17.9. The second-order valence-electron chi connectivity index (χ2n) is 7.89. The van der Waals surface area contributed by atoms with Gasteiger partial charge in [0.1, 0.15) is 23.3 Å². The molecule has 9 nitrogen and oxygen atoms in total. The number of benzene rings is 1. The fraction of sp³-hybridized carbons (Fsp3) is 0.333. The van der Waals surface area contributed by atoms with E-state index in [4.69, 9.17) is 10.8 Å². The van der Waals surface area contributed by atoms with Crippen molar-refractivity contribution in [2.45, 2.75) is 32.1 Å². The van der Waals surface area contributed by atoms with Crippen molar-refractivity contribution in [2.75, 3.05) is 24.1 Å². The molecule has 4 rings (SSSR count). The molecule has 1 amide bonds. The van der Waals surface area contributed by atoms with Gasteiger partial charge in [-0.2, -0.15) is 4.98 Å². The molecule has 1 fully saturated rings. The summed E-state index contributed by atoms with van der Waals surface area (Å²) in [5, 5.41) is 12.3. The van der Waals surface area contributed by atoms with Crippen LogP contribution in [0.15, 0.2) is 23.1 Å². The number of halogens is 4. The van der Waals surface area contributed by atoms with Crippen molar-refractivity contribution in [1.82, 2.24) is 19.4 Å². The third-order valence-corrected chi connectivity index (χ3v) is 5.63. The highest BCUT2D eigenvalue weighted by atomic mass is 19.2. The van der Waals surface area contributed by atoms with Crippen LogP contribution in [0.5, 0.6) is 0 Å². The smallest absolute Gasteiger partial charge is 0.407 e. The number of hydrogen-bond acceptors (Lipinski definition) is 6. The highest BCUT2D eigenvalue weighted by Gasteiger charge is 2.30. The van der Waals surface area contributed by atoms with Crippen LogP contribution in [0.2, 0.25) is 0 Å². The van der Waals surface area contributed by atoms with E-state index in [1.807, 2.05) is 0 Å². The van der Waals surface area contributed by atoms with E-state index in [1.54, 1.807) is 6.92 Å². The van der Waals surface area contributed by atoms with Gasteiger partial charge in [0.2, 0.25) is 5.95 Å². The van der Waals surface area contributed by atoms with Crippen LogP contribution in [0, 0.1) is 17.5 Å². The standard InChI is InChI=1S/C21H20F4N6O3/c1-2-31-18-9(3-13(19(31)32)12-5-14(23)17(26)16(25)15(12)24)6-27-20(29-18)28-11-4-10(22)7-30(8-11)21(33)34/h3,5-6,10-11H,2,4,7-8,26H2,1H3,(H,33,34)(H,27,28,29)/t10-,11-/m0/s1. The van der Waals surface area contributed by atoms with Crippen LogP contribution in [-0.4, -0.2) is 55.9 Å². The Morgan fingerprint density at radius 3 is 2.65 bits per heavy atom. The lowest BCUT2D eigenvalue weighted by Gasteiger charge is -2.33. The number of alkyl halides is 1. The van der Waals surface area contributed by atoms with Gasteiger partial charge in [-0.3, -0.25) is 9.36 Å². The number of carbonyl (C=O) groups is 1. The summed E-state index contributed by atoms with van der Waals surface area (Å²) in [6.45, 7) is 1.50. The topological polar surface area (TPSA) is 126 Å². The Hall–Kier alpha value is -3.90. The monoisotopic (exact) mass is 480 g/mol. The second kappa shape index (κ2) is 8.80. The zero-order valence-corrected chi connectivity index (χ0v) is 17.9. The predicted molar refractivity (Wildman–Crippen MR) is 116 cm³/mol. The maximum Gasteiger partial charge on any atom is 0.407 e.